The Balaban J connectivity index is 3.75. The number of ether oxygens (including phenoxy) is 2. The summed E-state index contributed by atoms with van der Waals surface area (Å²) in [7, 11) is 1.68. The Kier molecular flexibility index (Phi) is 7.39. The molecule has 0 aliphatic carbocycles. The summed E-state index contributed by atoms with van der Waals surface area (Å²) in [4.78, 5) is 0. The summed E-state index contributed by atoms with van der Waals surface area (Å²) in [6.07, 6.45) is 1.06. The van der Waals surface area contributed by atoms with E-state index < -0.39 is 0 Å². The molecule has 0 amide bonds. The van der Waals surface area contributed by atoms with E-state index in [0.717, 1.165) is 6.42 Å². The molecule has 0 aliphatic heterocycles. The molecule has 0 aromatic heterocycles. The zero-order valence-corrected chi connectivity index (χ0v) is 8.17. The molecule has 0 radical (unpaired) electrons. The SMILES string of the molecule is CCOCC(NN)C(CC)OC. The molecule has 3 N–H and O–H groups in total. The molecule has 0 saturated heterocycles. The van der Waals surface area contributed by atoms with Crippen LogP contribution in [0.3, 0.4) is 0 Å². The van der Waals surface area contributed by atoms with E-state index in [1.54, 1.807) is 7.11 Å². The molecule has 0 aromatic carbocycles. The first-order chi connectivity index (χ1) is 5.79. The fourth-order valence-electron chi connectivity index (χ4n) is 1.12. The molecule has 0 fully saturated rings. The first kappa shape index (κ1) is 11.8. The largest absolute Gasteiger partial charge is 0.380 e. The quantitative estimate of drug-likeness (QED) is 0.432. The minimum atomic E-state index is 0.0833. The van der Waals surface area contributed by atoms with E-state index in [2.05, 4.69) is 12.3 Å². The molecule has 0 rings (SSSR count). The van der Waals surface area contributed by atoms with Crippen molar-refractivity contribution in [3.63, 3.8) is 0 Å². The zero-order valence-electron chi connectivity index (χ0n) is 8.17. The maximum Gasteiger partial charge on any atom is 0.0757 e. The highest BCUT2D eigenvalue weighted by atomic mass is 16.5. The van der Waals surface area contributed by atoms with Gasteiger partial charge in [-0.1, -0.05) is 6.92 Å². The highest BCUT2D eigenvalue weighted by Gasteiger charge is 2.17. The van der Waals surface area contributed by atoms with Crippen molar-refractivity contribution in [3.8, 4) is 0 Å². The Morgan fingerprint density at radius 2 is 2.08 bits per heavy atom. The van der Waals surface area contributed by atoms with Crippen molar-refractivity contribution < 1.29 is 9.47 Å². The molecule has 2 atom stereocenters. The summed E-state index contributed by atoms with van der Waals surface area (Å²) in [5, 5.41) is 0. The standard InChI is InChI=1S/C8H20N2O2/c1-4-8(11-3)7(10-9)6-12-5-2/h7-8,10H,4-6,9H2,1-3H3. The van der Waals surface area contributed by atoms with Crippen LogP contribution in [0.15, 0.2) is 0 Å². The molecule has 74 valence electrons. The molecule has 12 heavy (non-hydrogen) atoms. The Morgan fingerprint density at radius 1 is 1.42 bits per heavy atom. The molecular weight excluding hydrogens is 156 g/mol. The van der Waals surface area contributed by atoms with Crippen molar-refractivity contribution in [3.05, 3.63) is 0 Å². The normalized spacial score (nSPS) is 16.0. The number of hydrogen-bond donors (Lipinski definition) is 2. The molecule has 0 heterocycles. The lowest BCUT2D eigenvalue weighted by atomic mass is 10.1. The summed E-state index contributed by atoms with van der Waals surface area (Å²) >= 11 is 0. The monoisotopic (exact) mass is 176 g/mol. The number of nitrogens with two attached hydrogens (primary N) is 1. The second-order valence-electron chi connectivity index (χ2n) is 2.62. The number of methoxy groups -OCH3 is 1. The average Bonchev–Trinajstić information content (AvgIpc) is 2.12. The van der Waals surface area contributed by atoms with Crippen LogP contribution in [-0.2, 0) is 9.47 Å². The lowest BCUT2D eigenvalue weighted by Crippen LogP contribution is -2.47. The molecule has 2 unspecified atom stereocenters. The molecule has 0 aliphatic rings. The molecule has 0 saturated carbocycles. The van der Waals surface area contributed by atoms with Gasteiger partial charge in [0, 0.05) is 13.7 Å². The first-order valence-electron chi connectivity index (χ1n) is 4.36. The van der Waals surface area contributed by atoms with Crippen LogP contribution in [0.2, 0.25) is 0 Å². The van der Waals surface area contributed by atoms with Crippen LogP contribution < -0.4 is 11.3 Å². The molecule has 0 aromatic rings. The second kappa shape index (κ2) is 7.49. The molecule has 0 bridgehead atoms. The van der Waals surface area contributed by atoms with Gasteiger partial charge in [-0.3, -0.25) is 11.3 Å². The molecule has 0 spiro atoms. The van der Waals surface area contributed by atoms with Crippen molar-refractivity contribution in [2.45, 2.75) is 32.4 Å². The summed E-state index contributed by atoms with van der Waals surface area (Å²) in [5.74, 6) is 5.36. The van der Waals surface area contributed by atoms with Crippen molar-refractivity contribution >= 4 is 0 Å². The second-order valence-corrected chi connectivity index (χ2v) is 2.62. The lowest BCUT2D eigenvalue weighted by molar-refractivity contribution is 0.0223. The fourth-order valence-corrected chi connectivity index (χ4v) is 1.12. The van der Waals surface area contributed by atoms with E-state index in [4.69, 9.17) is 15.3 Å². The van der Waals surface area contributed by atoms with Gasteiger partial charge in [-0.25, -0.2) is 0 Å². The Labute approximate surface area is 74.4 Å². The van der Waals surface area contributed by atoms with Crippen molar-refractivity contribution in [1.82, 2.24) is 5.43 Å². The van der Waals surface area contributed by atoms with Gasteiger partial charge in [-0.05, 0) is 13.3 Å². The number of hydrogen-bond acceptors (Lipinski definition) is 4. The summed E-state index contributed by atoms with van der Waals surface area (Å²) < 4.78 is 10.5. The molecular formula is C8H20N2O2. The van der Waals surface area contributed by atoms with E-state index in [1.807, 2.05) is 6.92 Å². The molecule has 4 heteroatoms. The van der Waals surface area contributed by atoms with Crippen LogP contribution in [0.4, 0.5) is 0 Å². The van der Waals surface area contributed by atoms with Crippen LogP contribution >= 0.6 is 0 Å². The Morgan fingerprint density at radius 3 is 2.42 bits per heavy atom. The Hall–Kier alpha value is -0.160. The smallest absolute Gasteiger partial charge is 0.0757 e. The maximum atomic E-state index is 5.36. The molecule has 4 nitrogen and oxygen atoms in total. The predicted molar refractivity (Wildman–Crippen MR) is 48.7 cm³/mol. The van der Waals surface area contributed by atoms with Gasteiger partial charge >= 0.3 is 0 Å². The van der Waals surface area contributed by atoms with Crippen LogP contribution in [0, 0.1) is 0 Å². The summed E-state index contributed by atoms with van der Waals surface area (Å²) in [5.41, 5.74) is 2.69. The minimum absolute atomic E-state index is 0.0833. The highest BCUT2D eigenvalue weighted by molar-refractivity contribution is 4.72. The van der Waals surface area contributed by atoms with E-state index in [1.165, 1.54) is 0 Å². The van der Waals surface area contributed by atoms with Gasteiger partial charge in [0.15, 0.2) is 0 Å². The zero-order chi connectivity index (χ0) is 9.40. The van der Waals surface area contributed by atoms with Gasteiger partial charge in [0.05, 0.1) is 18.8 Å². The topological polar surface area (TPSA) is 56.5 Å². The van der Waals surface area contributed by atoms with Gasteiger partial charge < -0.3 is 9.47 Å². The third-order valence-corrected chi connectivity index (χ3v) is 1.87. The third kappa shape index (κ3) is 4.01. The van der Waals surface area contributed by atoms with E-state index >= 15 is 0 Å². The van der Waals surface area contributed by atoms with Crippen LogP contribution in [0.5, 0.6) is 0 Å². The van der Waals surface area contributed by atoms with E-state index in [0.29, 0.717) is 13.2 Å². The Bertz CT molecular complexity index is 97.1. The first-order valence-corrected chi connectivity index (χ1v) is 4.36. The number of rotatable bonds is 7. The minimum Gasteiger partial charge on any atom is -0.380 e. The van der Waals surface area contributed by atoms with E-state index in [9.17, 15) is 0 Å². The van der Waals surface area contributed by atoms with E-state index in [-0.39, 0.29) is 12.1 Å². The third-order valence-electron chi connectivity index (χ3n) is 1.87. The summed E-state index contributed by atoms with van der Waals surface area (Å²) in [6.45, 7) is 5.32. The maximum absolute atomic E-state index is 5.36. The van der Waals surface area contributed by atoms with Gasteiger partial charge in [0.1, 0.15) is 0 Å². The lowest BCUT2D eigenvalue weighted by Gasteiger charge is -2.23. The fraction of sp³-hybridized carbons (Fsp3) is 1.00. The van der Waals surface area contributed by atoms with Gasteiger partial charge in [0.25, 0.3) is 0 Å². The van der Waals surface area contributed by atoms with Crippen LogP contribution in [-0.4, -0.2) is 32.5 Å². The summed E-state index contributed by atoms with van der Waals surface area (Å²) in [6, 6.07) is 0.0833. The van der Waals surface area contributed by atoms with Crippen molar-refractivity contribution in [2.24, 2.45) is 5.84 Å². The van der Waals surface area contributed by atoms with Crippen molar-refractivity contribution in [2.75, 3.05) is 20.3 Å². The average molecular weight is 176 g/mol. The van der Waals surface area contributed by atoms with Crippen molar-refractivity contribution in [1.29, 1.82) is 0 Å². The predicted octanol–water partition coefficient (Wildman–Crippen LogP) is 0.280. The highest BCUT2D eigenvalue weighted by Crippen LogP contribution is 2.02. The number of nitrogens with one attached hydrogen (secondary N) is 1. The van der Waals surface area contributed by atoms with Gasteiger partial charge in [0.2, 0.25) is 0 Å². The van der Waals surface area contributed by atoms with Gasteiger partial charge in [-0.2, -0.15) is 0 Å². The van der Waals surface area contributed by atoms with Crippen LogP contribution in [0.1, 0.15) is 20.3 Å². The number of hydrazine groups is 1. The van der Waals surface area contributed by atoms with Gasteiger partial charge in [-0.15, -0.1) is 0 Å². The van der Waals surface area contributed by atoms with Crippen LogP contribution in [0.25, 0.3) is 0 Å².